The van der Waals surface area contributed by atoms with Crippen molar-refractivity contribution in [3.05, 3.63) is 77.9 Å². The van der Waals surface area contributed by atoms with Crippen LogP contribution >= 0.6 is 0 Å². The van der Waals surface area contributed by atoms with Crippen molar-refractivity contribution in [3.8, 4) is 11.5 Å². The van der Waals surface area contributed by atoms with Crippen molar-refractivity contribution in [3.63, 3.8) is 0 Å². The molecule has 0 atom stereocenters. The minimum absolute atomic E-state index is 0.198. The molecule has 0 heterocycles. The van der Waals surface area contributed by atoms with Crippen LogP contribution in [0.4, 0.5) is 21.9 Å². The number of methoxy groups -OCH3 is 2. The Bertz CT molecular complexity index is 1160. The summed E-state index contributed by atoms with van der Waals surface area (Å²) in [6.07, 6.45) is 0.706. The molecule has 0 aliphatic carbocycles. The third-order valence-electron chi connectivity index (χ3n) is 5.06. The zero-order valence-electron chi connectivity index (χ0n) is 19.3. The van der Waals surface area contributed by atoms with Crippen molar-refractivity contribution in [2.24, 2.45) is 0 Å². The fraction of sp³-hybridized carbons (Fsp3) is 0.192. The number of ether oxygens (including phenoxy) is 2. The number of ketones is 1. The van der Waals surface area contributed by atoms with Gasteiger partial charge in [0.1, 0.15) is 0 Å². The van der Waals surface area contributed by atoms with E-state index >= 15 is 0 Å². The van der Waals surface area contributed by atoms with Gasteiger partial charge in [-0.15, -0.1) is 0 Å². The van der Waals surface area contributed by atoms with Crippen LogP contribution in [0, 0.1) is 0 Å². The molecule has 0 saturated heterocycles. The summed E-state index contributed by atoms with van der Waals surface area (Å²) in [6.45, 7) is 1.42. The Labute approximate surface area is 198 Å². The average molecular weight is 462 g/mol. The van der Waals surface area contributed by atoms with Gasteiger partial charge in [-0.1, -0.05) is 30.3 Å². The van der Waals surface area contributed by atoms with Crippen LogP contribution in [-0.2, 0) is 11.2 Å². The summed E-state index contributed by atoms with van der Waals surface area (Å²) in [5, 5.41) is 8.31. The van der Waals surface area contributed by atoms with Gasteiger partial charge in [-0.25, -0.2) is 4.79 Å². The lowest BCUT2D eigenvalue weighted by Gasteiger charge is -2.14. The summed E-state index contributed by atoms with van der Waals surface area (Å²) >= 11 is 0. The Morgan fingerprint density at radius 3 is 1.94 bits per heavy atom. The highest BCUT2D eigenvalue weighted by atomic mass is 16.5. The quantitative estimate of drug-likeness (QED) is 0.384. The summed E-state index contributed by atoms with van der Waals surface area (Å²) in [5.74, 6) is 0.397. The van der Waals surface area contributed by atoms with Gasteiger partial charge in [-0.2, -0.15) is 0 Å². The molecule has 8 heteroatoms. The molecule has 3 N–H and O–H groups in total. The number of hydrogen-bond acceptors (Lipinski definition) is 5. The molecule has 0 saturated carbocycles. The molecule has 0 spiro atoms. The van der Waals surface area contributed by atoms with E-state index in [0.29, 0.717) is 40.5 Å². The minimum atomic E-state index is -0.338. The van der Waals surface area contributed by atoms with E-state index in [2.05, 4.69) is 16.0 Å². The highest BCUT2D eigenvalue weighted by molar-refractivity contribution is 6.04. The van der Waals surface area contributed by atoms with Crippen LogP contribution in [-0.4, -0.2) is 31.9 Å². The fourth-order valence-corrected chi connectivity index (χ4v) is 3.31. The SMILES string of the molecule is COc1cc(NC(=O)CCc2ccc(NC(=O)Nc3ccccc3)cc2)c(C(C)=O)cc1OC. The molecule has 34 heavy (non-hydrogen) atoms. The van der Waals surface area contributed by atoms with Gasteiger partial charge < -0.3 is 25.4 Å². The van der Waals surface area contributed by atoms with Crippen molar-refractivity contribution in [1.82, 2.24) is 0 Å². The molecule has 0 aromatic heterocycles. The molecular weight excluding hydrogens is 434 g/mol. The van der Waals surface area contributed by atoms with Crippen LogP contribution in [0.2, 0.25) is 0 Å². The molecular formula is C26H27N3O5. The first kappa shape index (κ1) is 24.3. The molecule has 0 fully saturated rings. The first-order valence-corrected chi connectivity index (χ1v) is 10.7. The lowest BCUT2D eigenvalue weighted by Crippen LogP contribution is -2.19. The number of carbonyl (C=O) groups excluding carboxylic acids is 3. The van der Waals surface area contributed by atoms with Gasteiger partial charge in [-0.3, -0.25) is 9.59 Å². The van der Waals surface area contributed by atoms with E-state index in [0.717, 1.165) is 5.56 Å². The number of Topliss-reactive ketones (excluding diaryl/α,β-unsaturated/α-hetero) is 1. The highest BCUT2D eigenvalue weighted by Crippen LogP contribution is 2.33. The lowest BCUT2D eigenvalue weighted by atomic mass is 10.1. The van der Waals surface area contributed by atoms with Gasteiger partial charge in [0.05, 0.1) is 19.9 Å². The number of urea groups is 1. The molecule has 8 nitrogen and oxygen atoms in total. The number of aryl methyl sites for hydroxylation is 1. The van der Waals surface area contributed by atoms with Gasteiger partial charge in [0.15, 0.2) is 17.3 Å². The van der Waals surface area contributed by atoms with Crippen molar-refractivity contribution >= 4 is 34.8 Å². The zero-order chi connectivity index (χ0) is 24.5. The summed E-state index contributed by atoms with van der Waals surface area (Å²) in [5.41, 5.74) is 2.99. The second-order valence-electron chi connectivity index (χ2n) is 7.50. The van der Waals surface area contributed by atoms with E-state index in [1.54, 1.807) is 36.4 Å². The van der Waals surface area contributed by atoms with Crippen molar-refractivity contribution < 1.29 is 23.9 Å². The predicted molar refractivity (Wildman–Crippen MR) is 132 cm³/mol. The molecule has 0 radical (unpaired) electrons. The molecule has 0 bridgehead atoms. The van der Waals surface area contributed by atoms with E-state index in [9.17, 15) is 14.4 Å². The Morgan fingerprint density at radius 2 is 1.35 bits per heavy atom. The topological polar surface area (TPSA) is 106 Å². The fourth-order valence-electron chi connectivity index (χ4n) is 3.31. The first-order valence-electron chi connectivity index (χ1n) is 10.7. The molecule has 0 unspecified atom stereocenters. The van der Waals surface area contributed by atoms with Crippen molar-refractivity contribution in [1.29, 1.82) is 0 Å². The predicted octanol–water partition coefficient (Wildman–Crippen LogP) is 5.12. The molecule has 3 amide bonds. The normalized spacial score (nSPS) is 10.2. The second kappa shape index (κ2) is 11.5. The van der Waals surface area contributed by atoms with Gasteiger partial charge >= 0.3 is 6.03 Å². The van der Waals surface area contributed by atoms with Crippen molar-refractivity contribution in [2.75, 3.05) is 30.2 Å². The minimum Gasteiger partial charge on any atom is -0.493 e. The molecule has 3 rings (SSSR count). The van der Waals surface area contributed by atoms with E-state index in [-0.39, 0.29) is 24.1 Å². The number of benzene rings is 3. The molecule has 0 aliphatic rings. The monoisotopic (exact) mass is 461 g/mol. The van der Waals surface area contributed by atoms with Gasteiger partial charge in [0.25, 0.3) is 0 Å². The van der Waals surface area contributed by atoms with E-state index in [1.807, 2.05) is 30.3 Å². The van der Waals surface area contributed by atoms with Crippen LogP contribution in [0.15, 0.2) is 66.7 Å². The maximum atomic E-state index is 12.5. The Hall–Kier alpha value is -4.33. The van der Waals surface area contributed by atoms with Gasteiger partial charge in [0.2, 0.25) is 5.91 Å². The smallest absolute Gasteiger partial charge is 0.323 e. The molecule has 0 aliphatic heterocycles. The summed E-state index contributed by atoms with van der Waals surface area (Å²) in [6, 6.07) is 19.2. The number of carbonyl (C=O) groups is 3. The number of hydrogen-bond donors (Lipinski definition) is 3. The summed E-state index contributed by atoms with van der Waals surface area (Å²) < 4.78 is 10.5. The third-order valence-corrected chi connectivity index (χ3v) is 5.06. The number of para-hydroxylation sites is 1. The first-order chi connectivity index (χ1) is 16.4. The van der Waals surface area contributed by atoms with E-state index in [4.69, 9.17) is 9.47 Å². The van der Waals surface area contributed by atoms with Gasteiger partial charge in [0, 0.05) is 29.4 Å². The molecule has 3 aromatic rings. The van der Waals surface area contributed by atoms with Crippen LogP contribution in [0.1, 0.15) is 29.3 Å². The maximum Gasteiger partial charge on any atom is 0.323 e. The molecule has 3 aromatic carbocycles. The molecule has 176 valence electrons. The summed E-state index contributed by atoms with van der Waals surface area (Å²) in [4.78, 5) is 36.7. The van der Waals surface area contributed by atoms with E-state index in [1.165, 1.54) is 21.1 Å². The Kier molecular flexibility index (Phi) is 8.23. The number of nitrogens with one attached hydrogen (secondary N) is 3. The summed E-state index contributed by atoms with van der Waals surface area (Å²) in [7, 11) is 2.97. The second-order valence-corrected chi connectivity index (χ2v) is 7.50. The highest BCUT2D eigenvalue weighted by Gasteiger charge is 2.16. The van der Waals surface area contributed by atoms with Crippen molar-refractivity contribution in [2.45, 2.75) is 19.8 Å². The lowest BCUT2D eigenvalue weighted by molar-refractivity contribution is -0.116. The van der Waals surface area contributed by atoms with Crippen LogP contribution in [0.25, 0.3) is 0 Å². The average Bonchev–Trinajstić information content (AvgIpc) is 2.83. The largest absolute Gasteiger partial charge is 0.493 e. The Morgan fingerprint density at radius 1 is 0.765 bits per heavy atom. The maximum absolute atomic E-state index is 12.5. The van der Waals surface area contributed by atoms with Crippen LogP contribution in [0.3, 0.4) is 0 Å². The third kappa shape index (κ3) is 6.59. The van der Waals surface area contributed by atoms with Gasteiger partial charge in [-0.05, 0) is 49.2 Å². The number of anilines is 3. The zero-order valence-corrected chi connectivity index (χ0v) is 19.3. The van der Waals surface area contributed by atoms with E-state index < -0.39 is 0 Å². The number of rotatable bonds is 9. The van der Waals surface area contributed by atoms with Crippen LogP contribution < -0.4 is 25.4 Å². The standard InChI is InChI=1S/C26H27N3O5/c1-17(30)21-15-23(33-2)24(34-3)16-22(21)29-25(31)14-11-18-9-12-20(13-10-18)28-26(32)27-19-7-5-4-6-8-19/h4-10,12-13,15-16H,11,14H2,1-3H3,(H,29,31)(H2,27,28,32). The van der Waals surface area contributed by atoms with Crippen LogP contribution in [0.5, 0.6) is 11.5 Å². The Balaban J connectivity index is 1.56. The number of amides is 3.